The molecule has 0 atom stereocenters. The molecule has 0 spiro atoms. The van der Waals surface area contributed by atoms with E-state index in [-0.39, 0.29) is 5.91 Å². The van der Waals surface area contributed by atoms with E-state index in [1.165, 1.54) is 28.0 Å². The third kappa shape index (κ3) is 4.45. The van der Waals surface area contributed by atoms with Crippen LogP contribution in [0.5, 0.6) is 0 Å². The maximum absolute atomic E-state index is 12.4. The largest absolute Gasteiger partial charge is 0.302 e. The predicted octanol–water partition coefficient (Wildman–Crippen LogP) is 4.75. The summed E-state index contributed by atoms with van der Waals surface area (Å²) >= 11 is 6.66. The van der Waals surface area contributed by atoms with Gasteiger partial charge in [0.05, 0.1) is 10.6 Å². The number of nitrogens with zero attached hydrogens (tertiary/aromatic N) is 3. The molecule has 2 aromatic heterocycles. The number of carbonyl (C=O) groups excluding carboxylic acids is 1. The van der Waals surface area contributed by atoms with Crippen LogP contribution in [0, 0.1) is 25.5 Å². The summed E-state index contributed by atoms with van der Waals surface area (Å²) in [6.45, 7) is 10.4. The van der Waals surface area contributed by atoms with Gasteiger partial charge in [-0.05, 0) is 50.5 Å². The predicted molar refractivity (Wildman–Crippen MR) is 116 cm³/mol. The van der Waals surface area contributed by atoms with Crippen LogP contribution in [0.1, 0.15) is 28.8 Å². The van der Waals surface area contributed by atoms with Crippen molar-refractivity contribution in [1.82, 2.24) is 19.7 Å². The van der Waals surface area contributed by atoms with Crippen LogP contribution in [0.15, 0.2) is 30.9 Å². The van der Waals surface area contributed by atoms with E-state index in [1.54, 1.807) is 6.08 Å². The lowest BCUT2D eigenvalue weighted by atomic mass is 10.0. The van der Waals surface area contributed by atoms with Crippen molar-refractivity contribution in [3.63, 3.8) is 0 Å². The average molecular weight is 414 g/mol. The molecule has 1 amide bonds. The molecule has 1 aromatic carbocycles. The summed E-state index contributed by atoms with van der Waals surface area (Å²) in [4.78, 5) is 17.7. The highest BCUT2D eigenvalue weighted by Crippen LogP contribution is 2.31. The first kappa shape index (κ1) is 20.2. The number of anilines is 1. The number of amides is 1. The van der Waals surface area contributed by atoms with Crippen molar-refractivity contribution in [3.8, 4) is 10.7 Å². The fourth-order valence-electron chi connectivity index (χ4n) is 3.00. The van der Waals surface area contributed by atoms with Gasteiger partial charge >= 0.3 is 0 Å². The molecule has 3 rings (SSSR count). The number of aromatic nitrogens is 4. The van der Waals surface area contributed by atoms with Crippen LogP contribution < -0.4 is 5.32 Å². The van der Waals surface area contributed by atoms with Crippen molar-refractivity contribution in [2.24, 2.45) is 0 Å². The molecule has 8 heteroatoms. The highest BCUT2D eigenvalue weighted by molar-refractivity contribution is 7.71. The Morgan fingerprint density at radius 3 is 2.89 bits per heavy atom. The van der Waals surface area contributed by atoms with E-state index >= 15 is 0 Å². The Labute approximate surface area is 173 Å². The Balaban J connectivity index is 1.70. The number of thiazole rings is 1. The highest BCUT2D eigenvalue weighted by Gasteiger charge is 2.17. The first-order valence-electron chi connectivity index (χ1n) is 8.99. The maximum Gasteiger partial charge on any atom is 0.226 e. The molecular weight excluding hydrogens is 390 g/mol. The van der Waals surface area contributed by atoms with Gasteiger partial charge in [-0.3, -0.25) is 14.5 Å². The molecule has 0 aliphatic rings. The molecule has 28 heavy (non-hydrogen) atoms. The van der Waals surface area contributed by atoms with Crippen molar-refractivity contribution in [3.05, 3.63) is 58.0 Å². The van der Waals surface area contributed by atoms with Gasteiger partial charge in [0.2, 0.25) is 5.91 Å². The van der Waals surface area contributed by atoms with Gasteiger partial charge in [-0.2, -0.15) is 5.10 Å². The zero-order valence-corrected chi connectivity index (χ0v) is 17.8. The summed E-state index contributed by atoms with van der Waals surface area (Å²) in [7, 11) is 0. The van der Waals surface area contributed by atoms with Gasteiger partial charge in [0.25, 0.3) is 0 Å². The first-order chi connectivity index (χ1) is 13.4. The second kappa shape index (κ2) is 8.62. The third-order valence-electron chi connectivity index (χ3n) is 4.44. The fraction of sp³-hybridized carbons (Fsp3) is 0.300. The number of hydrogen-bond donors (Lipinski definition) is 2. The van der Waals surface area contributed by atoms with E-state index < -0.39 is 0 Å². The Bertz CT molecular complexity index is 1080. The Hall–Kier alpha value is -2.58. The van der Waals surface area contributed by atoms with Crippen molar-refractivity contribution in [2.75, 3.05) is 5.32 Å². The molecule has 0 saturated heterocycles. The van der Waals surface area contributed by atoms with E-state index in [0.29, 0.717) is 35.1 Å². The van der Waals surface area contributed by atoms with Crippen LogP contribution >= 0.6 is 23.6 Å². The van der Waals surface area contributed by atoms with Gasteiger partial charge in [0.1, 0.15) is 0 Å². The summed E-state index contributed by atoms with van der Waals surface area (Å²) < 4.78 is 2.39. The Morgan fingerprint density at radius 1 is 1.39 bits per heavy atom. The molecule has 2 N–H and O–H groups in total. The lowest BCUT2D eigenvalue weighted by molar-refractivity contribution is -0.116. The van der Waals surface area contributed by atoms with E-state index in [4.69, 9.17) is 12.2 Å². The topological polar surface area (TPSA) is 75.6 Å². The van der Waals surface area contributed by atoms with E-state index in [2.05, 4.69) is 59.1 Å². The molecular formula is C20H23N5OS2. The number of aryl methyl sites for hydroxylation is 4. The SMILES string of the molecule is C=CCn1c(-c2sc(NC(=O)CCc3ccc(C)cc3C)nc2C)n[nH]c1=S. The van der Waals surface area contributed by atoms with Gasteiger partial charge in [-0.25, -0.2) is 4.98 Å². The number of carbonyl (C=O) groups is 1. The smallest absolute Gasteiger partial charge is 0.226 e. The van der Waals surface area contributed by atoms with Crippen LogP contribution in [-0.2, 0) is 17.8 Å². The normalized spacial score (nSPS) is 10.8. The first-order valence-corrected chi connectivity index (χ1v) is 10.2. The van der Waals surface area contributed by atoms with E-state index in [1.807, 2.05) is 11.5 Å². The van der Waals surface area contributed by atoms with Crippen LogP contribution in [0.3, 0.4) is 0 Å². The molecule has 0 radical (unpaired) electrons. The van der Waals surface area contributed by atoms with Gasteiger partial charge in [-0.15, -0.1) is 6.58 Å². The third-order valence-corrected chi connectivity index (χ3v) is 5.82. The highest BCUT2D eigenvalue weighted by atomic mass is 32.1. The maximum atomic E-state index is 12.4. The lowest BCUT2D eigenvalue weighted by Crippen LogP contribution is -2.12. The van der Waals surface area contributed by atoms with E-state index in [9.17, 15) is 4.79 Å². The molecule has 146 valence electrons. The van der Waals surface area contributed by atoms with Crippen molar-refractivity contribution >= 4 is 34.6 Å². The molecule has 2 heterocycles. The number of benzene rings is 1. The van der Waals surface area contributed by atoms with Gasteiger partial charge in [0, 0.05) is 13.0 Å². The minimum atomic E-state index is -0.0507. The molecule has 0 aliphatic heterocycles. The Kier molecular flexibility index (Phi) is 6.21. The lowest BCUT2D eigenvalue weighted by Gasteiger charge is -2.06. The number of hydrogen-bond acceptors (Lipinski definition) is 5. The standard InChI is InChI=1S/C20H23N5OS2/c1-5-10-25-18(23-24-20(25)27)17-14(4)21-19(28-17)22-16(26)9-8-15-7-6-12(2)11-13(15)3/h5-7,11H,1,8-10H2,2-4H3,(H,24,27)(H,21,22,26). The molecule has 0 fully saturated rings. The van der Waals surface area contributed by atoms with Crippen LogP contribution in [0.4, 0.5) is 5.13 Å². The minimum absolute atomic E-state index is 0.0507. The van der Waals surface area contributed by atoms with Crippen molar-refractivity contribution < 1.29 is 4.79 Å². The van der Waals surface area contributed by atoms with Crippen molar-refractivity contribution in [1.29, 1.82) is 0 Å². The van der Waals surface area contributed by atoms with Crippen LogP contribution in [0.25, 0.3) is 10.7 Å². The molecule has 0 aliphatic carbocycles. The van der Waals surface area contributed by atoms with Gasteiger partial charge < -0.3 is 5.32 Å². The number of H-pyrrole nitrogens is 1. The van der Waals surface area contributed by atoms with E-state index in [0.717, 1.165) is 10.6 Å². The molecule has 6 nitrogen and oxygen atoms in total. The van der Waals surface area contributed by atoms with Gasteiger partial charge in [-0.1, -0.05) is 41.2 Å². The molecule has 0 unspecified atom stereocenters. The summed E-state index contributed by atoms with van der Waals surface area (Å²) in [6.07, 6.45) is 2.88. The van der Waals surface area contributed by atoms with Crippen LogP contribution in [0.2, 0.25) is 0 Å². The monoisotopic (exact) mass is 413 g/mol. The van der Waals surface area contributed by atoms with Crippen LogP contribution in [-0.4, -0.2) is 25.7 Å². The number of allylic oxidation sites excluding steroid dienone is 1. The summed E-state index contributed by atoms with van der Waals surface area (Å²) in [5.74, 6) is 0.654. The quantitative estimate of drug-likeness (QED) is 0.433. The summed E-state index contributed by atoms with van der Waals surface area (Å²) in [5, 5.41) is 10.6. The van der Waals surface area contributed by atoms with Gasteiger partial charge in [0.15, 0.2) is 15.7 Å². The molecule has 0 saturated carbocycles. The number of aromatic amines is 1. The number of nitrogens with one attached hydrogen (secondary N) is 2. The minimum Gasteiger partial charge on any atom is -0.302 e. The fourth-order valence-corrected chi connectivity index (χ4v) is 4.19. The Morgan fingerprint density at radius 2 is 2.18 bits per heavy atom. The average Bonchev–Trinajstić information content (AvgIpc) is 3.17. The molecule has 0 bridgehead atoms. The van der Waals surface area contributed by atoms with Crippen molar-refractivity contribution in [2.45, 2.75) is 40.2 Å². The zero-order chi connectivity index (χ0) is 20.3. The second-order valence-corrected chi connectivity index (χ2v) is 8.05. The zero-order valence-electron chi connectivity index (χ0n) is 16.2. The molecule has 3 aromatic rings. The number of rotatable bonds is 7. The summed E-state index contributed by atoms with van der Waals surface area (Å²) in [6, 6.07) is 6.30. The second-order valence-electron chi connectivity index (χ2n) is 6.66. The summed E-state index contributed by atoms with van der Waals surface area (Å²) in [5.41, 5.74) is 4.43.